The first-order valence-corrected chi connectivity index (χ1v) is 8.05. The topological polar surface area (TPSA) is 40.5 Å². The molecule has 19 heavy (non-hydrogen) atoms. The fraction of sp³-hybridized carbons (Fsp3) is 0.938. The van der Waals surface area contributed by atoms with Crippen LogP contribution in [0.25, 0.3) is 0 Å². The van der Waals surface area contributed by atoms with Crippen molar-refractivity contribution in [1.82, 2.24) is 4.90 Å². The first kappa shape index (κ1) is 12.2. The highest BCUT2D eigenvalue weighted by atomic mass is 16.4. The van der Waals surface area contributed by atoms with Crippen molar-refractivity contribution < 1.29 is 9.90 Å². The molecule has 0 aromatic carbocycles. The highest BCUT2D eigenvalue weighted by molar-refractivity contribution is 5.75. The smallest absolute Gasteiger partial charge is 0.309 e. The Morgan fingerprint density at radius 3 is 2.32 bits per heavy atom. The van der Waals surface area contributed by atoms with E-state index in [1.807, 2.05) is 0 Å². The molecule has 2 atom stereocenters. The second-order valence-electron chi connectivity index (χ2n) is 8.03. The Balaban J connectivity index is 1.60. The summed E-state index contributed by atoms with van der Waals surface area (Å²) in [5.74, 6) is 0.923. The van der Waals surface area contributed by atoms with E-state index in [9.17, 15) is 9.90 Å². The molecule has 0 aromatic heterocycles. The van der Waals surface area contributed by atoms with Gasteiger partial charge in [0.25, 0.3) is 0 Å². The van der Waals surface area contributed by atoms with E-state index in [0.717, 1.165) is 19.3 Å². The number of carboxylic acids is 1. The summed E-state index contributed by atoms with van der Waals surface area (Å²) in [5.41, 5.74) is 0.0105. The molecule has 0 amide bonds. The number of aliphatic carboxylic acids is 1. The molecule has 3 nitrogen and oxygen atoms in total. The van der Waals surface area contributed by atoms with Crippen LogP contribution in [0.3, 0.4) is 0 Å². The number of hydrogen-bond donors (Lipinski definition) is 1. The highest BCUT2D eigenvalue weighted by Gasteiger charge is 2.60. The number of carbonyl (C=O) groups is 1. The van der Waals surface area contributed by atoms with Crippen molar-refractivity contribution in [1.29, 1.82) is 0 Å². The lowest BCUT2D eigenvalue weighted by atomic mass is 9.44. The average molecular weight is 263 g/mol. The molecule has 106 valence electrons. The second-order valence-corrected chi connectivity index (χ2v) is 8.03. The van der Waals surface area contributed by atoms with Crippen LogP contribution in [0.2, 0.25) is 0 Å². The zero-order valence-corrected chi connectivity index (χ0v) is 11.7. The molecular weight excluding hydrogens is 238 g/mol. The normalized spacial score (nSPS) is 48.8. The van der Waals surface area contributed by atoms with Crippen LogP contribution in [0.4, 0.5) is 0 Å². The lowest BCUT2D eigenvalue weighted by Gasteiger charge is -2.61. The van der Waals surface area contributed by atoms with Crippen LogP contribution >= 0.6 is 0 Å². The van der Waals surface area contributed by atoms with Crippen molar-refractivity contribution in [2.45, 2.75) is 51.4 Å². The van der Waals surface area contributed by atoms with E-state index < -0.39 is 5.97 Å². The van der Waals surface area contributed by atoms with Crippen molar-refractivity contribution in [3.8, 4) is 0 Å². The van der Waals surface area contributed by atoms with Gasteiger partial charge in [-0.2, -0.15) is 0 Å². The van der Waals surface area contributed by atoms with E-state index in [2.05, 4.69) is 4.90 Å². The van der Waals surface area contributed by atoms with Gasteiger partial charge in [-0.1, -0.05) is 0 Å². The van der Waals surface area contributed by atoms with Crippen molar-refractivity contribution >= 4 is 5.97 Å². The minimum absolute atomic E-state index is 0.343. The Labute approximate surface area is 115 Å². The van der Waals surface area contributed by atoms with Crippen LogP contribution in [0.15, 0.2) is 0 Å². The van der Waals surface area contributed by atoms with E-state index in [4.69, 9.17) is 0 Å². The lowest BCUT2D eigenvalue weighted by molar-refractivity contribution is -0.176. The van der Waals surface area contributed by atoms with Gasteiger partial charge in [0.1, 0.15) is 0 Å². The number of rotatable bonds is 3. The summed E-state index contributed by atoms with van der Waals surface area (Å²) in [7, 11) is 0. The second kappa shape index (κ2) is 3.97. The average Bonchev–Trinajstić information content (AvgIpc) is 2.78. The minimum atomic E-state index is -0.493. The summed E-state index contributed by atoms with van der Waals surface area (Å²) in [6.07, 6.45) is 9.54. The number of nitrogens with zero attached hydrogens (tertiary/aromatic N) is 1. The van der Waals surface area contributed by atoms with E-state index in [-0.39, 0.29) is 5.41 Å². The molecule has 0 unspecified atom stereocenters. The van der Waals surface area contributed by atoms with Crippen molar-refractivity contribution in [3.63, 3.8) is 0 Å². The van der Waals surface area contributed by atoms with Gasteiger partial charge in [-0.15, -0.1) is 0 Å². The van der Waals surface area contributed by atoms with Crippen LogP contribution in [0, 0.1) is 22.7 Å². The van der Waals surface area contributed by atoms with E-state index in [1.54, 1.807) is 0 Å². The summed E-state index contributed by atoms with van der Waals surface area (Å²) in [5, 5.41) is 9.74. The molecule has 1 heterocycles. The number of carboxylic acid groups (broad SMARTS) is 1. The van der Waals surface area contributed by atoms with Gasteiger partial charge in [0.15, 0.2) is 0 Å². The van der Waals surface area contributed by atoms with Crippen LogP contribution in [0.5, 0.6) is 0 Å². The number of likely N-dealkylation sites (tertiary alicyclic amines) is 1. The van der Waals surface area contributed by atoms with Crippen LogP contribution in [-0.2, 0) is 4.79 Å². The van der Waals surface area contributed by atoms with Crippen molar-refractivity contribution in [2.75, 3.05) is 19.6 Å². The summed E-state index contributed by atoms with van der Waals surface area (Å²) >= 11 is 0. The summed E-state index contributed by atoms with van der Waals surface area (Å²) in [4.78, 5) is 14.4. The maximum absolute atomic E-state index is 11.8. The Morgan fingerprint density at radius 1 is 1.11 bits per heavy atom. The van der Waals surface area contributed by atoms with Gasteiger partial charge in [0.2, 0.25) is 0 Å². The molecule has 3 heteroatoms. The third-order valence-corrected chi connectivity index (χ3v) is 6.39. The molecule has 1 N–H and O–H groups in total. The quantitative estimate of drug-likeness (QED) is 0.851. The lowest BCUT2D eigenvalue weighted by Crippen LogP contribution is -2.57. The molecule has 4 saturated carbocycles. The van der Waals surface area contributed by atoms with Crippen molar-refractivity contribution in [2.24, 2.45) is 22.7 Å². The maximum atomic E-state index is 11.8. The minimum Gasteiger partial charge on any atom is -0.481 e. The van der Waals surface area contributed by atoms with Gasteiger partial charge in [-0.25, -0.2) is 0 Å². The molecular formula is C16H25NO2. The Morgan fingerprint density at radius 2 is 1.74 bits per heavy atom. The van der Waals surface area contributed by atoms with E-state index in [0.29, 0.717) is 17.3 Å². The zero-order valence-electron chi connectivity index (χ0n) is 11.7. The van der Waals surface area contributed by atoms with E-state index >= 15 is 0 Å². The van der Waals surface area contributed by atoms with Gasteiger partial charge in [0, 0.05) is 6.54 Å². The van der Waals surface area contributed by atoms with Crippen LogP contribution < -0.4 is 0 Å². The molecule has 5 aliphatic rings. The Kier molecular flexibility index (Phi) is 2.55. The zero-order chi connectivity index (χ0) is 13.1. The predicted molar refractivity (Wildman–Crippen MR) is 72.9 cm³/mol. The van der Waals surface area contributed by atoms with E-state index in [1.165, 1.54) is 51.7 Å². The van der Waals surface area contributed by atoms with Gasteiger partial charge in [-0.3, -0.25) is 4.79 Å². The Bertz CT molecular complexity index is 386. The fourth-order valence-electron chi connectivity index (χ4n) is 6.30. The summed E-state index contributed by atoms with van der Waals surface area (Å²) in [6.45, 7) is 3.68. The predicted octanol–water partition coefficient (Wildman–Crippen LogP) is 2.75. The standard InChI is InChI=1S/C16H25NO2/c18-14(19)16-8-12-5-13(9-16)7-15(6-12,10-16)11-17-3-1-2-4-17/h12-13H,1-11H2,(H,18,19)/t12-,13-,15?,16?/m0/s1. The van der Waals surface area contributed by atoms with Gasteiger partial charge < -0.3 is 10.0 Å². The van der Waals surface area contributed by atoms with Crippen LogP contribution in [0.1, 0.15) is 51.4 Å². The molecule has 4 bridgehead atoms. The third kappa shape index (κ3) is 1.84. The summed E-state index contributed by atoms with van der Waals surface area (Å²) in [6, 6.07) is 0. The molecule has 1 saturated heterocycles. The number of hydrogen-bond acceptors (Lipinski definition) is 2. The van der Waals surface area contributed by atoms with Gasteiger partial charge in [-0.05, 0) is 81.7 Å². The largest absolute Gasteiger partial charge is 0.481 e. The maximum Gasteiger partial charge on any atom is 0.309 e. The summed E-state index contributed by atoms with van der Waals surface area (Å²) < 4.78 is 0. The van der Waals surface area contributed by atoms with Crippen LogP contribution in [-0.4, -0.2) is 35.6 Å². The van der Waals surface area contributed by atoms with Gasteiger partial charge in [0.05, 0.1) is 5.41 Å². The highest BCUT2D eigenvalue weighted by Crippen LogP contribution is 2.65. The first-order chi connectivity index (χ1) is 9.09. The molecule has 0 spiro atoms. The fourth-order valence-corrected chi connectivity index (χ4v) is 6.30. The molecule has 0 radical (unpaired) electrons. The Hall–Kier alpha value is -0.570. The van der Waals surface area contributed by atoms with Gasteiger partial charge >= 0.3 is 5.97 Å². The molecule has 4 aliphatic carbocycles. The SMILES string of the molecule is O=C(O)C12C[C@H]3C[C@@H](CC(CN4CCCC4)(C3)C1)C2. The third-order valence-electron chi connectivity index (χ3n) is 6.39. The molecule has 5 fully saturated rings. The molecule has 5 rings (SSSR count). The monoisotopic (exact) mass is 263 g/mol. The first-order valence-electron chi connectivity index (χ1n) is 8.05. The molecule has 0 aromatic rings. The van der Waals surface area contributed by atoms with Crippen molar-refractivity contribution in [3.05, 3.63) is 0 Å². The molecule has 1 aliphatic heterocycles.